The van der Waals surface area contributed by atoms with Gasteiger partial charge in [-0.2, -0.15) is 0 Å². The third-order valence-electron chi connectivity index (χ3n) is 12.5. The number of rotatable bonds is 9. The fraction of sp³-hybridized carbons (Fsp3) is 0.970. The van der Waals surface area contributed by atoms with Gasteiger partial charge in [0.05, 0.1) is 18.2 Å². The van der Waals surface area contributed by atoms with E-state index < -0.39 is 24.5 Å². The van der Waals surface area contributed by atoms with Gasteiger partial charge in [0.15, 0.2) is 0 Å². The number of nitrogens with one attached hydrogen (secondary N) is 2. The number of aliphatic hydroxyl groups excluding tert-OH is 1. The van der Waals surface area contributed by atoms with Crippen LogP contribution < -0.4 is 27.8 Å². The molecule has 6 rings (SSSR count). The number of aliphatic hydroxyl groups is 1. The van der Waals surface area contributed by atoms with Crippen molar-refractivity contribution in [1.29, 1.82) is 0 Å². The van der Waals surface area contributed by atoms with E-state index in [0.717, 1.165) is 84.3 Å². The summed E-state index contributed by atoms with van der Waals surface area (Å²) in [5.41, 5.74) is 19.7. The highest BCUT2D eigenvalue weighted by Gasteiger charge is 2.51. The van der Waals surface area contributed by atoms with Crippen molar-refractivity contribution in [3.63, 3.8) is 0 Å². The molecule has 11 heteroatoms. The summed E-state index contributed by atoms with van der Waals surface area (Å²) in [6.45, 7) is 8.47. The van der Waals surface area contributed by atoms with Crippen LogP contribution in [-0.4, -0.2) is 134 Å². The van der Waals surface area contributed by atoms with Crippen molar-refractivity contribution in [1.82, 2.24) is 25.3 Å². The van der Waals surface area contributed by atoms with Gasteiger partial charge >= 0.3 is 0 Å². The largest absolute Gasteiger partial charge is 0.378 e. The first kappa shape index (κ1) is 33.2. The zero-order valence-corrected chi connectivity index (χ0v) is 27.3. The molecule has 5 fully saturated rings. The normalized spacial score (nSPS) is 37.2. The van der Waals surface area contributed by atoms with Crippen LogP contribution in [0.3, 0.4) is 0 Å². The van der Waals surface area contributed by atoms with Crippen LogP contribution in [0.5, 0.6) is 0 Å². The number of aliphatic imine (C=N–C) groups is 1. The van der Waals surface area contributed by atoms with Gasteiger partial charge in [0.1, 0.15) is 12.4 Å². The number of halogens is 1. The van der Waals surface area contributed by atoms with Gasteiger partial charge in [-0.1, -0.05) is 19.3 Å². The minimum Gasteiger partial charge on any atom is -0.378 e. The van der Waals surface area contributed by atoms with Gasteiger partial charge < -0.3 is 37.4 Å². The molecule has 0 radical (unpaired) electrons. The maximum absolute atomic E-state index is 15.7. The molecule has 44 heavy (non-hydrogen) atoms. The van der Waals surface area contributed by atoms with Gasteiger partial charge in [-0.05, 0) is 82.8 Å². The fourth-order valence-electron chi connectivity index (χ4n) is 9.47. The van der Waals surface area contributed by atoms with Gasteiger partial charge in [0, 0.05) is 75.4 Å². The van der Waals surface area contributed by atoms with Crippen molar-refractivity contribution >= 4 is 6.21 Å². The summed E-state index contributed by atoms with van der Waals surface area (Å²) in [6.07, 6.45) is 11.7. The molecule has 0 aromatic heterocycles. The van der Waals surface area contributed by atoms with Crippen LogP contribution in [0.15, 0.2) is 4.99 Å². The van der Waals surface area contributed by atoms with Crippen LogP contribution in [0.4, 0.5) is 4.39 Å². The maximum atomic E-state index is 15.7. The number of hydrogen-bond donors (Lipinski definition) is 6. The highest BCUT2D eigenvalue weighted by atomic mass is 19.1. The maximum Gasteiger partial charge on any atom is 0.129 e. The Morgan fingerprint density at radius 1 is 1.00 bits per heavy atom. The van der Waals surface area contributed by atoms with E-state index in [-0.39, 0.29) is 35.0 Å². The summed E-state index contributed by atoms with van der Waals surface area (Å²) in [5.74, 6) is 0.467. The number of piperazine rings is 1. The van der Waals surface area contributed by atoms with Gasteiger partial charge in [0.2, 0.25) is 0 Å². The molecule has 0 aromatic rings. The molecule has 2 aliphatic carbocycles. The minimum absolute atomic E-state index is 0.130. The van der Waals surface area contributed by atoms with Gasteiger partial charge in [0.25, 0.3) is 0 Å². The molecular weight excluding hydrogens is 557 g/mol. The van der Waals surface area contributed by atoms with E-state index in [9.17, 15) is 5.11 Å². The van der Waals surface area contributed by atoms with Gasteiger partial charge in [-0.3, -0.25) is 15.2 Å². The Kier molecular flexibility index (Phi) is 10.7. The minimum atomic E-state index is -1.01. The summed E-state index contributed by atoms with van der Waals surface area (Å²) in [5, 5.41) is 18.5. The molecule has 7 atom stereocenters. The van der Waals surface area contributed by atoms with Gasteiger partial charge in [-0.25, -0.2) is 4.39 Å². The van der Waals surface area contributed by atoms with Crippen LogP contribution in [0.1, 0.15) is 70.6 Å². The van der Waals surface area contributed by atoms with Gasteiger partial charge in [-0.15, -0.1) is 0 Å². The number of piperidine rings is 2. The van der Waals surface area contributed by atoms with Crippen molar-refractivity contribution < 1.29 is 9.50 Å². The van der Waals surface area contributed by atoms with Crippen molar-refractivity contribution in [2.24, 2.45) is 45.4 Å². The summed E-state index contributed by atoms with van der Waals surface area (Å²) in [6, 6.07) is -0.720. The first-order valence-electron chi connectivity index (χ1n) is 17.9. The molecule has 9 N–H and O–H groups in total. The molecule has 2 saturated carbocycles. The smallest absolute Gasteiger partial charge is 0.129 e. The van der Waals surface area contributed by atoms with Crippen LogP contribution in [0.2, 0.25) is 0 Å². The van der Waals surface area contributed by atoms with Crippen molar-refractivity contribution in [2.75, 3.05) is 66.0 Å². The third-order valence-corrected chi connectivity index (χ3v) is 12.5. The Labute approximate surface area is 265 Å². The molecule has 0 bridgehead atoms. The highest BCUT2D eigenvalue weighted by molar-refractivity contribution is 5.65. The lowest BCUT2D eigenvalue weighted by Gasteiger charge is -2.47. The summed E-state index contributed by atoms with van der Waals surface area (Å²) < 4.78 is 15.7. The average Bonchev–Trinajstić information content (AvgIpc) is 3.78. The second-order valence-corrected chi connectivity index (χ2v) is 15.8. The first-order chi connectivity index (χ1) is 21.1. The number of nitrogens with two attached hydrogens (primary N) is 3. The van der Waals surface area contributed by atoms with E-state index in [1.165, 1.54) is 32.1 Å². The Bertz CT molecular complexity index is 944. The monoisotopic (exact) mass is 620 g/mol. The van der Waals surface area contributed by atoms with Crippen LogP contribution in [-0.2, 0) is 0 Å². The standard InChI is InChI=1S/C33H62FN9O/c1-41-13-15-42(16-14-41)22-23-5-11-43(12-6-23)29-25(34)20-38-21-27(29)40-31(44)28(30(35)36)26-18-32(7-3-2-4-8-32)17-24(19-39-26)33(37)9-10-33/h19,23-31,38,40,44H,2-18,20-22,35-37H2,1H3. The number of alkyl halides is 1. The van der Waals surface area contributed by atoms with E-state index in [0.29, 0.717) is 19.0 Å². The number of hydrogen-bond acceptors (Lipinski definition) is 10. The van der Waals surface area contributed by atoms with E-state index in [2.05, 4.69) is 38.6 Å². The molecule has 0 aromatic carbocycles. The SMILES string of the molecule is CN1CCN(CC2CCN(C3C(F)CNCC3NC(O)C(C(N)N)C3CC4(CCCCC4)CC(C4(N)CC4)C=N3)CC2)CC1. The fourth-order valence-corrected chi connectivity index (χ4v) is 9.47. The molecule has 4 aliphatic heterocycles. The summed E-state index contributed by atoms with van der Waals surface area (Å²) >= 11 is 0. The average molecular weight is 620 g/mol. The molecule has 0 amide bonds. The zero-order valence-electron chi connectivity index (χ0n) is 27.3. The van der Waals surface area contributed by atoms with Crippen molar-refractivity contribution in [3.8, 4) is 0 Å². The lowest BCUT2D eigenvalue weighted by atomic mass is 9.64. The molecule has 3 saturated heterocycles. The number of likely N-dealkylation sites (tertiary alicyclic amines) is 1. The predicted molar refractivity (Wildman–Crippen MR) is 175 cm³/mol. The Morgan fingerprint density at radius 2 is 1.70 bits per heavy atom. The quantitative estimate of drug-likeness (QED) is 0.205. The lowest BCUT2D eigenvalue weighted by molar-refractivity contribution is -0.0166. The molecule has 10 nitrogen and oxygen atoms in total. The number of nitrogens with zero attached hydrogens (tertiary/aromatic N) is 4. The molecule has 7 unspecified atom stereocenters. The van der Waals surface area contributed by atoms with Crippen LogP contribution in [0, 0.1) is 23.2 Å². The van der Waals surface area contributed by atoms with E-state index >= 15 is 4.39 Å². The van der Waals surface area contributed by atoms with Crippen molar-refractivity contribution in [2.45, 2.75) is 113 Å². The summed E-state index contributed by atoms with van der Waals surface area (Å²) in [7, 11) is 2.20. The van der Waals surface area contributed by atoms with E-state index in [4.69, 9.17) is 22.2 Å². The van der Waals surface area contributed by atoms with Crippen LogP contribution >= 0.6 is 0 Å². The first-order valence-corrected chi connectivity index (χ1v) is 17.9. The summed E-state index contributed by atoms with van der Waals surface area (Å²) in [4.78, 5) is 12.5. The molecule has 1 spiro atoms. The Morgan fingerprint density at radius 3 is 2.36 bits per heavy atom. The molecule has 4 heterocycles. The van der Waals surface area contributed by atoms with Crippen molar-refractivity contribution in [3.05, 3.63) is 0 Å². The highest BCUT2D eigenvalue weighted by Crippen LogP contribution is 2.52. The Hall–Kier alpha value is -0.760. The Balaban J connectivity index is 1.11. The van der Waals surface area contributed by atoms with Crippen LogP contribution in [0.25, 0.3) is 0 Å². The third kappa shape index (κ3) is 7.68. The lowest BCUT2D eigenvalue weighted by Crippen LogP contribution is -2.68. The molecule has 6 aliphatic rings. The second kappa shape index (κ2) is 14.2. The van der Waals surface area contributed by atoms with E-state index in [1.54, 1.807) is 0 Å². The number of likely N-dealkylation sites (N-methyl/N-ethyl adjacent to an activating group) is 1. The zero-order chi connectivity index (χ0) is 30.9. The second-order valence-electron chi connectivity index (χ2n) is 15.8. The predicted octanol–water partition coefficient (Wildman–Crippen LogP) is 0.683. The molecule has 252 valence electrons. The van der Waals surface area contributed by atoms with E-state index in [1.807, 2.05) is 0 Å². The molecular formula is C33H62FN9O. The topological polar surface area (TPSA) is 144 Å².